The molecule has 158 valence electrons. The highest BCUT2D eigenvalue weighted by atomic mass is 16.5. The number of ketones is 1. The van der Waals surface area contributed by atoms with Crippen LogP contribution in [-0.4, -0.2) is 49.4 Å². The average Bonchev–Trinajstić information content (AvgIpc) is 3.22. The van der Waals surface area contributed by atoms with E-state index in [0.29, 0.717) is 37.7 Å². The van der Waals surface area contributed by atoms with Gasteiger partial charge in [-0.1, -0.05) is 60.7 Å². The number of carbonyl (C=O) groups excluding carboxylic acids is 2. The molecule has 2 aromatic rings. The normalized spacial score (nSPS) is 24.5. The zero-order valence-corrected chi connectivity index (χ0v) is 17.3. The Bertz CT molecular complexity index is 834. The van der Waals surface area contributed by atoms with E-state index in [9.17, 15) is 9.59 Å². The fourth-order valence-corrected chi connectivity index (χ4v) is 4.55. The standard InChI is InChI=1S/C25H30N2O3/c28-24(21-11-5-2-6-12-21)22-16-27(15-19-8-3-1-4-9-19)17-23(22)25(29)26-14-20-10-7-13-30-18-20/h1-6,8-9,11-12,20,22-23H,7,10,13-18H2,(H,26,29)/t20-,22+,23+/m1/s1. The van der Waals surface area contributed by atoms with Crippen molar-refractivity contribution in [2.75, 3.05) is 32.8 Å². The van der Waals surface area contributed by atoms with Crippen molar-refractivity contribution in [3.05, 3.63) is 71.8 Å². The monoisotopic (exact) mass is 406 g/mol. The number of hydrogen-bond donors (Lipinski definition) is 1. The van der Waals surface area contributed by atoms with Crippen LogP contribution in [0.2, 0.25) is 0 Å². The van der Waals surface area contributed by atoms with Crippen LogP contribution in [-0.2, 0) is 16.1 Å². The summed E-state index contributed by atoms with van der Waals surface area (Å²) in [4.78, 5) is 28.6. The summed E-state index contributed by atoms with van der Waals surface area (Å²) in [6.45, 7) is 4.10. The van der Waals surface area contributed by atoms with Crippen molar-refractivity contribution in [1.82, 2.24) is 10.2 Å². The van der Waals surface area contributed by atoms with E-state index in [-0.39, 0.29) is 23.5 Å². The van der Waals surface area contributed by atoms with E-state index in [2.05, 4.69) is 22.3 Å². The highest BCUT2D eigenvalue weighted by molar-refractivity contribution is 6.01. The fraction of sp³-hybridized carbons (Fsp3) is 0.440. The smallest absolute Gasteiger partial charge is 0.225 e. The lowest BCUT2D eigenvalue weighted by Crippen LogP contribution is -2.40. The fourth-order valence-electron chi connectivity index (χ4n) is 4.55. The molecule has 0 bridgehead atoms. The molecule has 2 aliphatic rings. The number of nitrogens with zero attached hydrogens (tertiary/aromatic N) is 1. The highest BCUT2D eigenvalue weighted by Crippen LogP contribution is 2.29. The molecular formula is C25H30N2O3. The molecule has 1 N–H and O–H groups in total. The lowest BCUT2D eigenvalue weighted by atomic mass is 9.87. The summed E-state index contributed by atoms with van der Waals surface area (Å²) in [5.74, 6) is -0.227. The highest BCUT2D eigenvalue weighted by Gasteiger charge is 2.41. The SMILES string of the molecule is O=C(NC[C@H]1CCCOC1)[C@H]1CN(Cc2ccccc2)C[C@@H]1C(=O)c1ccccc1. The van der Waals surface area contributed by atoms with Crippen LogP contribution >= 0.6 is 0 Å². The van der Waals surface area contributed by atoms with E-state index in [0.717, 1.165) is 26.0 Å². The molecular weight excluding hydrogens is 376 g/mol. The first-order chi connectivity index (χ1) is 14.7. The Hall–Kier alpha value is -2.50. The Morgan fingerprint density at radius 3 is 2.37 bits per heavy atom. The summed E-state index contributed by atoms with van der Waals surface area (Å²) in [6.07, 6.45) is 2.13. The zero-order chi connectivity index (χ0) is 20.8. The molecule has 2 aromatic carbocycles. The topological polar surface area (TPSA) is 58.6 Å². The summed E-state index contributed by atoms with van der Waals surface area (Å²) in [5.41, 5.74) is 1.88. The number of rotatable bonds is 7. The third-order valence-corrected chi connectivity index (χ3v) is 6.20. The summed E-state index contributed by atoms with van der Waals surface area (Å²) in [7, 11) is 0. The predicted molar refractivity (Wildman–Crippen MR) is 116 cm³/mol. The maximum Gasteiger partial charge on any atom is 0.225 e. The number of hydrogen-bond acceptors (Lipinski definition) is 4. The van der Waals surface area contributed by atoms with Gasteiger partial charge in [-0.3, -0.25) is 14.5 Å². The van der Waals surface area contributed by atoms with Crippen molar-refractivity contribution >= 4 is 11.7 Å². The van der Waals surface area contributed by atoms with Crippen LogP contribution in [0.25, 0.3) is 0 Å². The predicted octanol–water partition coefficient (Wildman–Crippen LogP) is 3.16. The second-order valence-corrected chi connectivity index (χ2v) is 8.45. The number of ether oxygens (including phenoxy) is 1. The molecule has 2 saturated heterocycles. The van der Waals surface area contributed by atoms with E-state index in [4.69, 9.17) is 4.74 Å². The maximum absolute atomic E-state index is 13.2. The van der Waals surface area contributed by atoms with Crippen LogP contribution in [0.3, 0.4) is 0 Å². The molecule has 1 amide bonds. The Kier molecular flexibility index (Phi) is 6.92. The number of benzene rings is 2. The van der Waals surface area contributed by atoms with Gasteiger partial charge >= 0.3 is 0 Å². The van der Waals surface area contributed by atoms with E-state index in [1.54, 1.807) is 0 Å². The van der Waals surface area contributed by atoms with Gasteiger partial charge in [-0.15, -0.1) is 0 Å². The van der Waals surface area contributed by atoms with E-state index >= 15 is 0 Å². The summed E-state index contributed by atoms with van der Waals surface area (Å²) < 4.78 is 5.53. The molecule has 0 radical (unpaired) electrons. The molecule has 0 aromatic heterocycles. The van der Waals surface area contributed by atoms with Crippen LogP contribution in [0.1, 0.15) is 28.8 Å². The Balaban J connectivity index is 1.45. The first kappa shape index (κ1) is 20.8. The van der Waals surface area contributed by atoms with Crippen LogP contribution in [0.15, 0.2) is 60.7 Å². The second kappa shape index (κ2) is 10.0. The Labute approximate surface area is 178 Å². The Morgan fingerprint density at radius 2 is 1.67 bits per heavy atom. The first-order valence-corrected chi connectivity index (χ1v) is 10.9. The summed E-state index contributed by atoms with van der Waals surface area (Å²) in [5, 5.41) is 3.12. The van der Waals surface area contributed by atoms with Gasteiger partial charge in [0.1, 0.15) is 0 Å². The maximum atomic E-state index is 13.2. The molecule has 2 aliphatic heterocycles. The van der Waals surface area contributed by atoms with Crippen molar-refractivity contribution in [3.63, 3.8) is 0 Å². The minimum atomic E-state index is -0.328. The molecule has 0 unspecified atom stereocenters. The van der Waals surface area contributed by atoms with Gasteiger partial charge in [0.2, 0.25) is 5.91 Å². The van der Waals surface area contributed by atoms with Gasteiger partial charge in [0.15, 0.2) is 5.78 Å². The number of carbonyl (C=O) groups is 2. The second-order valence-electron chi connectivity index (χ2n) is 8.45. The third-order valence-electron chi connectivity index (χ3n) is 6.20. The molecule has 5 nitrogen and oxygen atoms in total. The Morgan fingerprint density at radius 1 is 0.967 bits per heavy atom. The lowest BCUT2D eigenvalue weighted by Gasteiger charge is -2.24. The molecule has 5 heteroatoms. The van der Waals surface area contributed by atoms with Gasteiger partial charge in [0.25, 0.3) is 0 Å². The van der Waals surface area contributed by atoms with Gasteiger partial charge in [0.05, 0.1) is 12.5 Å². The van der Waals surface area contributed by atoms with Crippen LogP contribution in [0.4, 0.5) is 0 Å². The van der Waals surface area contributed by atoms with Gasteiger partial charge in [0, 0.05) is 44.3 Å². The molecule has 0 saturated carbocycles. The molecule has 0 aliphatic carbocycles. The van der Waals surface area contributed by atoms with Gasteiger partial charge in [-0.2, -0.15) is 0 Å². The molecule has 2 fully saturated rings. The van der Waals surface area contributed by atoms with E-state index < -0.39 is 0 Å². The minimum Gasteiger partial charge on any atom is -0.381 e. The number of Topliss-reactive ketones (excluding diaryl/α,β-unsaturated/α-hetero) is 1. The molecule has 0 spiro atoms. The van der Waals surface area contributed by atoms with E-state index in [1.165, 1.54) is 5.56 Å². The summed E-state index contributed by atoms with van der Waals surface area (Å²) in [6, 6.07) is 19.6. The number of amides is 1. The van der Waals surface area contributed by atoms with Crippen molar-refractivity contribution in [3.8, 4) is 0 Å². The summed E-state index contributed by atoms with van der Waals surface area (Å²) >= 11 is 0. The van der Waals surface area contributed by atoms with Crippen LogP contribution < -0.4 is 5.32 Å². The van der Waals surface area contributed by atoms with Crippen molar-refractivity contribution in [2.24, 2.45) is 17.8 Å². The quantitative estimate of drug-likeness (QED) is 0.718. The largest absolute Gasteiger partial charge is 0.381 e. The van der Waals surface area contributed by atoms with Crippen molar-refractivity contribution in [2.45, 2.75) is 19.4 Å². The molecule has 4 rings (SSSR count). The average molecular weight is 407 g/mol. The third kappa shape index (κ3) is 5.15. The van der Waals surface area contributed by atoms with Gasteiger partial charge in [-0.25, -0.2) is 0 Å². The molecule has 3 atom stereocenters. The van der Waals surface area contributed by atoms with E-state index in [1.807, 2.05) is 48.5 Å². The van der Waals surface area contributed by atoms with Crippen LogP contribution in [0.5, 0.6) is 0 Å². The molecule has 2 heterocycles. The lowest BCUT2D eigenvalue weighted by molar-refractivity contribution is -0.125. The van der Waals surface area contributed by atoms with Crippen LogP contribution in [0, 0.1) is 17.8 Å². The zero-order valence-electron chi connectivity index (χ0n) is 17.3. The van der Waals surface area contributed by atoms with Crippen molar-refractivity contribution in [1.29, 1.82) is 0 Å². The van der Waals surface area contributed by atoms with Gasteiger partial charge < -0.3 is 10.1 Å². The van der Waals surface area contributed by atoms with Gasteiger partial charge in [-0.05, 0) is 24.3 Å². The minimum absolute atomic E-state index is 0.00887. The first-order valence-electron chi connectivity index (χ1n) is 10.9. The number of nitrogens with one attached hydrogen (secondary N) is 1. The number of likely N-dealkylation sites (tertiary alicyclic amines) is 1. The van der Waals surface area contributed by atoms with Crippen molar-refractivity contribution < 1.29 is 14.3 Å². The molecule has 30 heavy (non-hydrogen) atoms.